The maximum Gasteiger partial charge on any atom is 0.501 e. The fourth-order valence-electron chi connectivity index (χ4n) is 3.10. The van der Waals surface area contributed by atoms with E-state index < -0.39 is 20.2 Å². The molecule has 0 spiro atoms. The van der Waals surface area contributed by atoms with Crippen LogP contribution in [0.1, 0.15) is 29.8 Å². The summed E-state index contributed by atoms with van der Waals surface area (Å²) in [4.78, 5) is 12.1. The highest BCUT2D eigenvalue weighted by molar-refractivity contribution is 7.92. The third kappa shape index (κ3) is 5.88. The zero-order chi connectivity index (χ0) is 24.9. The third-order valence-electron chi connectivity index (χ3n) is 4.69. The molecule has 10 heteroatoms. The van der Waals surface area contributed by atoms with E-state index in [2.05, 4.69) is 10.6 Å². The fourth-order valence-corrected chi connectivity index (χ4v) is 3.91. The first-order valence-corrected chi connectivity index (χ1v) is 11.8. The van der Waals surface area contributed by atoms with E-state index in [1.807, 2.05) is 13.8 Å². The van der Waals surface area contributed by atoms with Crippen LogP contribution in [-0.2, 0) is 16.4 Å². The zero-order valence-corrected chi connectivity index (χ0v) is 19.2. The van der Waals surface area contributed by atoms with E-state index in [0.29, 0.717) is 22.6 Å². The minimum absolute atomic E-state index is 0.121. The van der Waals surface area contributed by atoms with Crippen molar-refractivity contribution in [3.8, 4) is 5.75 Å². The molecule has 0 saturated heterocycles. The van der Waals surface area contributed by atoms with Gasteiger partial charge in [-0.25, -0.2) is 8.42 Å². The van der Waals surface area contributed by atoms with Crippen molar-refractivity contribution in [1.29, 1.82) is 0 Å². The molecule has 34 heavy (non-hydrogen) atoms. The summed E-state index contributed by atoms with van der Waals surface area (Å²) >= 11 is 0. The lowest BCUT2D eigenvalue weighted by Crippen LogP contribution is -2.23. The van der Waals surface area contributed by atoms with Gasteiger partial charge in [0.2, 0.25) is 0 Å². The molecule has 0 heterocycles. The van der Waals surface area contributed by atoms with Gasteiger partial charge in [-0.3, -0.25) is 4.79 Å². The summed E-state index contributed by atoms with van der Waals surface area (Å²) in [6, 6.07) is 18.2. The predicted molar refractivity (Wildman–Crippen MR) is 124 cm³/mol. The molecule has 3 aromatic rings. The first-order chi connectivity index (χ1) is 16.0. The Morgan fingerprint density at radius 1 is 0.971 bits per heavy atom. The summed E-state index contributed by atoms with van der Waals surface area (Å²) in [7, 11) is -5.46. The second-order valence-corrected chi connectivity index (χ2v) is 9.55. The second kappa shape index (κ2) is 10.2. The Balaban J connectivity index is 1.78. The smallest absolute Gasteiger partial charge is 0.490 e. The summed E-state index contributed by atoms with van der Waals surface area (Å²) in [6.07, 6.45) is -0.123. The predicted octanol–water partition coefficient (Wildman–Crippen LogP) is 5.63. The van der Waals surface area contributed by atoms with Crippen molar-refractivity contribution in [2.45, 2.75) is 36.9 Å². The molecule has 3 aromatic carbocycles. The van der Waals surface area contributed by atoms with Gasteiger partial charge in [0, 0.05) is 17.9 Å². The summed E-state index contributed by atoms with van der Waals surface area (Å²) in [5.41, 5.74) is -3.73. The van der Waals surface area contributed by atoms with E-state index in [9.17, 15) is 26.4 Å². The van der Waals surface area contributed by atoms with E-state index in [-0.39, 0.29) is 24.2 Å². The lowest BCUT2D eigenvalue weighted by molar-refractivity contribution is -0.0436. The molecule has 0 aromatic heterocycles. The molecule has 0 radical (unpaired) electrons. The van der Waals surface area contributed by atoms with Gasteiger partial charge in [-0.2, -0.15) is 13.2 Å². The zero-order valence-electron chi connectivity index (χ0n) is 18.4. The van der Waals surface area contributed by atoms with Crippen LogP contribution in [0.4, 0.5) is 24.5 Å². The third-order valence-corrected chi connectivity index (χ3v) is 6.18. The minimum Gasteiger partial charge on any atom is -0.490 e. The molecule has 0 bridgehead atoms. The molecule has 1 amide bonds. The number of sulfone groups is 1. The Bertz CT molecular complexity index is 1270. The van der Waals surface area contributed by atoms with Crippen molar-refractivity contribution in [1.82, 2.24) is 0 Å². The Labute approximate surface area is 195 Å². The lowest BCUT2D eigenvalue weighted by atomic mass is 10.1. The molecule has 0 aliphatic carbocycles. The van der Waals surface area contributed by atoms with Crippen LogP contribution in [0.3, 0.4) is 0 Å². The molecular formula is C24H23F3N2O4S. The number of anilines is 2. The Morgan fingerprint density at radius 2 is 1.65 bits per heavy atom. The van der Waals surface area contributed by atoms with Crippen molar-refractivity contribution in [3.63, 3.8) is 0 Å². The average Bonchev–Trinajstić information content (AvgIpc) is 2.78. The first-order valence-electron chi connectivity index (χ1n) is 10.3. The average molecular weight is 493 g/mol. The van der Waals surface area contributed by atoms with Crippen molar-refractivity contribution in [3.05, 3.63) is 83.9 Å². The standard InChI is InChI=1S/C24H23F3N2O4S/c1-16(2)33-22-13-6-4-11-20(22)23(30)29-21-12-5-3-8-17(21)15-28-18-9-7-10-19(14-18)34(31,32)24(25,26)27/h3-14,16,28H,15H2,1-2H3,(H,29,30). The second-order valence-electron chi connectivity index (χ2n) is 7.60. The van der Waals surface area contributed by atoms with Crippen molar-refractivity contribution < 1.29 is 31.1 Å². The number of hydrogen-bond donors (Lipinski definition) is 2. The number of carbonyl (C=O) groups excluding carboxylic acids is 1. The highest BCUT2D eigenvalue weighted by Gasteiger charge is 2.46. The molecule has 0 atom stereocenters. The van der Waals surface area contributed by atoms with Crippen LogP contribution in [0, 0.1) is 0 Å². The molecule has 0 aliphatic rings. The summed E-state index contributed by atoms with van der Waals surface area (Å²) in [5.74, 6) is 0.0512. The van der Waals surface area contributed by atoms with Crippen molar-refractivity contribution >= 4 is 27.1 Å². The van der Waals surface area contributed by atoms with E-state index in [4.69, 9.17) is 4.74 Å². The number of halogens is 3. The van der Waals surface area contributed by atoms with Gasteiger partial charge in [0.1, 0.15) is 5.75 Å². The normalized spacial score (nSPS) is 11.8. The topological polar surface area (TPSA) is 84.5 Å². The van der Waals surface area contributed by atoms with Gasteiger partial charge in [-0.1, -0.05) is 36.4 Å². The number of benzene rings is 3. The van der Waals surface area contributed by atoms with Crippen LogP contribution >= 0.6 is 0 Å². The Hall–Kier alpha value is -3.53. The monoisotopic (exact) mass is 492 g/mol. The number of hydrogen-bond acceptors (Lipinski definition) is 5. The van der Waals surface area contributed by atoms with Crippen LogP contribution in [-0.4, -0.2) is 25.9 Å². The molecule has 0 fully saturated rings. The number of alkyl halides is 3. The first kappa shape index (κ1) is 25.1. The number of amides is 1. The van der Waals surface area contributed by atoms with Gasteiger partial charge in [-0.05, 0) is 55.8 Å². The van der Waals surface area contributed by atoms with Gasteiger partial charge in [0.05, 0.1) is 16.6 Å². The Morgan fingerprint density at radius 3 is 2.35 bits per heavy atom. The summed E-state index contributed by atoms with van der Waals surface area (Å²) < 4.78 is 67.6. The molecule has 180 valence electrons. The van der Waals surface area contributed by atoms with Gasteiger partial charge < -0.3 is 15.4 Å². The van der Waals surface area contributed by atoms with E-state index in [0.717, 1.165) is 12.1 Å². The number of carbonyl (C=O) groups is 1. The number of ether oxygens (including phenoxy) is 1. The quantitative estimate of drug-likeness (QED) is 0.426. The molecule has 2 N–H and O–H groups in total. The van der Waals surface area contributed by atoms with E-state index >= 15 is 0 Å². The molecule has 0 aliphatic heterocycles. The van der Waals surface area contributed by atoms with Crippen LogP contribution in [0.15, 0.2) is 77.7 Å². The molecule has 3 rings (SSSR count). The van der Waals surface area contributed by atoms with Gasteiger partial charge in [0.25, 0.3) is 15.7 Å². The number of para-hydroxylation sites is 2. The minimum atomic E-state index is -5.46. The maximum absolute atomic E-state index is 12.9. The van der Waals surface area contributed by atoms with Crippen LogP contribution in [0.2, 0.25) is 0 Å². The van der Waals surface area contributed by atoms with E-state index in [1.165, 1.54) is 12.1 Å². The molecular weight excluding hydrogens is 469 g/mol. The highest BCUT2D eigenvalue weighted by atomic mass is 32.2. The number of nitrogens with one attached hydrogen (secondary N) is 2. The van der Waals surface area contributed by atoms with Crippen LogP contribution in [0.25, 0.3) is 0 Å². The fraction of sp³-hybridized carbons (Fsp3) is 0.208. The molecule has 6 nitrogen and oxygen atoms in total. The van der Waals surface area contributed by atoms with E-state index in [1.54, 1.807) is 48.5 Å². The number of rotatable bonds is 8. The molecule has 0 unspecified atom stereocenters. The van der Waals surface area contributed by atoms with Crippen molar-refractivity contribution in [2.24, 2.45) is 0 Å². The van der Waals surface area contributed by atoms with Gasteiger partial charge in [-0.15, -0.1) is 0 Å². The highest BCUT2D eigenvalue weighted by Crippen LogP contribution is 2.31. The van der Waals surface area contributed by atoms with Crippen LogP contribution < -0.4 is 15.4 Å². The maximum atomic E-state index is 12.9. The largest absolute Gasteiger partial charge is 0.501 e. The van der Waals surface area contributed by atoms with Gasteiger partial charge in [0.15, 0.2) is 0 Å². The summed E-state index contributed by atoms with van der Waals surface area (Å²) in [6.45, 7) is 3.82. The van der Waals surface area contributed by atoms with Gasteiger partial charge >= 0.3 is 5.51 Å². The SMILES string of the molecule is CC(C)Oc1ccccc1C(=O)Nc1ccccc1CNc1cccc(S(=O)(=O)C(F)(F)F)c1. The van der Waals surface area contributed by atoms with Crippen LogP contribution in [0.5, 0.6) is 5.75 Å². The summed E-state index contributed by atoms with van der Waals surface area (Å²) in [5, 5.41) is 5.74. The molecule has 0 saturated carbocycles. The van der Waals surface area contributed by atoms with Crippen molar-refractivity contribution in [2.75, 3.05) is 10.6 Å². The lowest BCUT2D eigenvalue weighted by Gasteiger charge is -2.16. The Kier molecular flexibility index (Phi) is 7.51.